The van der Waals surface area contributed by atoms with Gasteiger partial charge in [0, 0.05) is 39.2 Å². The van der Waals surface area contributed by atoms with E-state index in [-0.39, 0.29) is 42.3 Å². The average molecular weight is 518 g/mol. The van der Waals surface area contributed by atoms with Crippen molar-refractivity contribution in [1.82, 2.24) is 9.80 Å². The van der Waals surface area contributed by atoms with Gasteiger partial charge in [0.05, 0.1) is 0 Å². The van der Waals surface area contributed by atoms with Crippen molar-refractivity contribution in [1.29, 1.82) is 0 Å². The molecule has 3 amide bonds. The summed E-state index contributed by atoms with van der Waals surface area (Å²) in [6.07, 6.45) is 1.48. The number of nitrogens with zero attached hydrogens (tertiary/aromatic N) is 2. The van der Waals surface area contributed by atoms with Gasteiger partial charge in [-0.25, -0.2) is 4.39 Å². The molecule has 0 bridgehead atoms. The molecule has 0 radical (unpaired) electrons. The Morgan fingerprint density at radius 3 is 2.18 bits per heavy atom. The van der Waals surface area contributed by atoms with E-state index in [9.17, 15) is 18.8 Å². The van der Waals surface area contributed by atoms with E-state index in [0.29, 0.717) is 30.2 Å². The van der Waals surface area contributed by atoms with Crippen LogP contribution in [0.1, 0.15) is 24.8 Å². The zero-order valence-electron chi connectivity index (χ0n) is 21.6. The van der Waals surface area contributed by atoms with Gasteiger partial charge >= 0.3 is 0 Å². The highest BCUT2D eigenvalue weighted by Gasteiger charge is 2.39. The van der Waals surface area contributed by atoms with E-state index in [4.69, 9.17) is 4.74 Å². The van der Waals surface area contributed by atoms with Gasteiger partial charge in [0.1, 0.15) is 23.4 Å². The molecule has 1 heterocycles. The Hall–Kier alpha value is -4.20. The summed E-state index contributed by atoms with van der Waals surface area (Å²) in [5.41, 5.74) is 1.73. The Labute approximate surface area is 222 Å². The van der Waals surface area contributed by atoms with Crippen molar-refractivity contribution in [2.24, 2.45) is 5.92 Å². The molecule has 3 aromatic carbocycles. The number of amides is 3. The lowest BCUT2D eigenvalue weighted by Crippen LogP contribution is -2.43. The molecule has 2 atom stereocenters. The smallest absolute Gasteiger partial charge is 0.247 e. The average Bonchev–Trinajstić information content (AvgIpc) is 3.34. The molecule has 1 fully saturated rings. The van der Waals surface area contributed by atoms with Crippen LogP contribution in [0.3, 0.4) is 0 Å². The summed E-state index contributed by atoms with van der Waals surface area (Å²) in [5, 5.41) is 2.92. The highest BCUT2D eigenvalue weighted by Crippen LogP contribution is 2.29. The molecular formula is C30H32FN3O4. The fourth-order valence-electron chi connectivity index (χ4n) is 4.59. The van der Waals surface area contributed by atoms with Gasteiger partial charge in [0.15, 0.2) is 0 Å². The third-order valence-corrected chi connectivity index (χ3v) is 6.60. The molecule has 1 N–H and O–H groups in total. The summed E-state index contributed by atoms with van der Waals surface area (Å²) >= 11 is 0. The fourth-order valence-corrected chi connectivity index (χ4v) is 4.59. The first-order valence-electron chi connectivity index (χ1n) is 12.7. The lowest BCUT2D eigenvalue weighted by Gasteiger charge is -2.24. The molecule has 1 aliphatic heterocycles. The minimum Gasteiger partial charge on any atom is -0.457 e. The quantitative estimate of drug-likeness (QED) is 0.439. The van der Waals surface area contributed by atoms with E-state index in [0.717, 1.165) is 12.0 Å². The van der Waals surface area contributed by atoms with Gasteiger partial charge in [-0.3, -0.25) is 14.4 Å². The first-order chi connectivity index (χ1) is 18.3. The summed E-state index contributed by atoms with van der Waals surface area (Å²) in [6, 6.07) is 22.0. The summed E-state index contributed by atoms with van der Waals surface area (Å²) in [5.74, 6) is 0.251. The summed E-state index contributed by atoms with van der Waals surface area (Å²) in [6.45, 7) is 0.465. The standard InChI is InChI=1S/C30H32FN3O4/c1-33(2)28(35)16-17-29(36)34-20-22(18-21-6-4-3-5-7-21)19-27(34)30(37)32-24-10-14-26(15-11-24)38-25-12-8-23(31)9-13-25/h3-15,22,27H,16-20H2,1-2H3,(H,32,37)/t22-,27+/m1/s1. The lowest BCUT2D eigenvalue weighted by molar-refractivity contribution is -0.139. The van der Waals surface area contributed by atoms with Crippen molar-refractivity contribution in [3.63, 3.8) is 0 Å². The molecule has 8 heteroatoms. The van der Waals surface area contributed by atoms with Crippen molar-refractivity contribution in [3.05, 3.63) is 90.2 Å². The highest BCUT2D eigenvalue weighted by atomic mass is 19.1. The second kappa shape index (κ2) is 12.4. The number of halogens is 1. The molecule has 0 saturated carbocycles. The number of benzene rings is 3. The highest BCUT2D eigenvalue weighted by molar-refractivity contribution is 5.98. The Kier molecular flexibility index (Phi) is 8.73. The SMILES string of the molecule is CN(C)C(=O)CCC(=O)N1C[C@H](Cc2ccccc2)C[C@H]1C(=O)Nc1ccc(Oc2ccc(F)cc2)cc1. The predicted octanol–water partition coefficient (Wildman–Crippen LogP) is 4.88. The van der Waals surface area contributed by atoms with Gasteiger partial charge in [-0.1, -0.05) is 30.3 Å². The Bertz CT molecular complexity index is 1250. The lowest BCUT2D eigenvalue weighted by atomic mass is 9.96. The molecule has 3 aromatic rings. The van der Waals surface area contributed by atoms with E-state index >= 15 is 0 Å². The van der Waals surface area contributed by atoms with Gasteiger partial charge in [0.2, 0.25) is 17.7 Å². The van der Waals surface area contributed by atoms with Crippen LogP contribution in [0.5, 0.6) is 11.5 Å². The Balaban J connectivity index is 1.42. The summed E-state index contributed by atoms with van der Waals surface area (Å²) < 4.78 is 18.8. The Morgan fingerprint density at radius 1 is 0.921 bits per heavy atom. The van der Waals surface area contributed by atoms with Crippen molar-refractivity contribution in [3.8, 4) is 11.5 Å². The molecule has 1 saturated heterocycles. The third kappa shape index (κ3) is 7.18. The summed E-state index contributed by atoms with van der Waals surface area (Å²) in [4.78, 5) is 41.6. The second-order valence-corrected chi connectivity index (χ2v) is 9.71. The number of likely N-dealkylation sites (tertiary alicyclic amines) is 1. The third-order valence-electron chi connectivity index (χ3n) is 6.60. The van der Waals surface area contributed by atoms with Crippen LogP contribution >= 0.6 is 0 Å². The molecule has 7 nitrogen and oxygen atoms in total. The van der Waals surface area contributed by atoms with Gasteiger partial charge < -0.3 is 19.9 Å². The van der Waals surface area contributed by atoms with Crippen molar-refractivity contribution >= 4 is 23.4 Å². The number of hydrogen-bond donors (Lipinski definition) is 1. The molecule has 1 aliphatic rings. The molecule has 38 heavy (non-hydrogen) atoms. The van der Waals surface area contributed by atoms with Crippen LogP contribution in [-0.4, -0.2) is 54.2 Å². The molecule has 0 unspecified atom stereocenters. The van der Waals surface area contributed by atoms with E-state index in [1.54, 1.807) is 43.3 Å². The second-order valence-electron chi connectivity index (χ2n) is 9.71. The van der Waals surface area contributed by atoms with Gasteiger partial charge in [0.25, 0.3) is 0 Å². The maximum absolute atomic E-state index is 13.3. The van der Waals surface area contributed by atoms with Crippen LogP contribution in [-0.2, 0) is 20.8 Å². The van der Waals surface area contributed by atoms with Crippen molar-refractivity contribution < 1.29 is 23.5 Å². The number of ether oxygens (including phenoxy) is 1. The number of rotatable bonds is 9. The first kappa shape index (κ1) is 26.9. The number of hydrogen-bond acceptors (Lipinski definition) is 4. The van der Waals surface area contributed by atoms with Crippen LogP contribution in [0, 0.1) is 11.7 Å². The molecule has 4 rings (SSSR count). The minimum absolute atomic E-state index is 0.0638. The predicted molar refractivity (Wildman–Crippen MR) is 143 cm³/mol. The number of carbonyl (C=O) groups excluding carboxylic acids is 3. The van der Waals surface area contributed by atoms with E-state index < -0.39 is 6.04 Å². The van der Waals surface area contributed by atoms with Gasteiger partial charge in [-0.15, -0.1) is 0 Å². The van der Waals surface area contributed by atoms with Crippen molar-refractivity contribution in [2.75, 3.05) is 26.0 Å². The topological polar surface area (TPSA) is 79.0 Å². The molecule has 0 aliphatic carbocycles. The van der Waals surface area contributed by atoms with E-state index in [1.807, 2.05) is 30.3 Å². The number of nitrogens with one attached hydrogen (secondary N) is 1. The van der Waals surface area contributed by atoms with Gasteiger partial charge in [-0.2, -0.15) is 0 Å². The van der Waals surface area contributed by atoms with Crippen molar-refractivity contribution in [2.45, 2.75) is 31.7 Å². The molecular weight excluding hydrogens is 485 g/mol. The number of anilines is 1. The van der Waals surface area contributed by atoms with E-state index in [2.05, 4.69) is 5.32 Å². The van der Waals surface area contributed by atoms with Crippen LogP contribution < -0.4 is 10.1 Å². The van der Waals surface area contributed by atoms with Crippen LogP contribution in [0.2, 0.25) is 0 Å². The largest absolute Gasteiger partial charge is 0.457 e. The normalized spacial score (nSPS) is 16.7. The van der Waals surface area contributed by atoms with Crippen LogP contribution in [0.25, 0.3) is 0 Å². The van der Waals surface area contributed by atoms with Crippen LogP contribution in [0.15, 0.2) is 78.9 Å². The fraction of sp³-hybridized carbons (Fsp3) is 0.300. The molecule has 198 valence electrons. The minimum atomic E-state index is -0.624. The zero-order chi connectivity index (χ0) is 27.1. The monoisotopic (exact) mass is 517 g/mol. The maximum atomic E-state index is 13.3. The van der Waals surface area contributed by atoms with Gasteiger partial charge in [-0.05, 0) is 72.9 Å². The zero-order valence-corrected chi connectivity index (χ0v) is 21.6. The maximum Gasteiger partial charge on any atom is 0.247 e. The molecule has 0 spiro atoms. The molecule has 0 aromatic heterocycles. The van der Waals surface area contributed by atoms with Crippen LogP contribution in [0.4, 0.5) is 10.1 Å². The first-order valence-corrected chi connectivity index (χ1v) is 12.7. The summed E-state index contributed by atoms with van der Waals surface area (Å²) in [7, 11) is 3.32. The number of carbonyl (C=O) groups is 3. The van der Waals surface area contributed by atoms with E-state index in [1.165, 1.54) is 29.2 Å². The Morgan fingerprint density at radius 2 is 1.55 bits per heavy atom.